The van der Waals surface area contributed by atoms with Crippen molar-refractivity contribution < 1.29 is 9.47 Å². The van der Waals surface area contributed by atoms with Gasteiger partial charge < -0.3 is 14.8 Å². The van der Waals surface area contributed by atoms with E-state index in [0.717, 1.165) is 44.9 Å². The minimum Gasteiger partial charge on any atom is -0.488 e. The van der Waals surface area contributed by atoms with Crippen molar-refractivity contribution in [2.24, 2.45) is 0 Å². The van der Waals surface area contributed by atoms with E-state index in [1.54, 1.807) is 0 Å². The summed E-state index contributed by atoms with van der Waals surface area (Å²) in [6.45, 7) is 3.80. The number of para-hydroxylation sites is 1. The zero-order valence-electron chi connectivity index (χ0n) is 10.7. The van der Waals surface area contributed by atoms with E-state index < -0.39 is 0 Å². The van der Waals surface area contributed by atoms with Crippen molar-refractivity contribution in [2.75, 3.05) is 26.3 Å². The summed E-state index contributed by atoms with van der Waals surface area (Å²) >= 11 is 0. The molecule has 98 valence electrons. The molecule has 18 heavy (non-hydrogen) atoms. The van der Waals surface area contributed by atoms with Gasteiger partial charge in [0.2, 0.25) is 0 Å². The van der Waals surface area contributed by atoms with Gasteiger partial charge in [-0.3, -0.25) is 0 Å². The summed E-state index contributed by atoms with van der Waals surface area (Å²) < 4.78 is 11.6. The molecular weight excluding hydrogens is 226 g/mol. The molecule has 2 atom stereocenters. The third kappa shape index (κ3) is 2.68. The second kappa shape index (κ2) is 5.72. The molecule has 3 rings (SSSR count). The Hall–Kier alpha value is -1.06. The molecular formula is C15H21NO2. The van der Waals surface area contributed by atoms with E-state index in [9.17, 15) is 0 Å². The lowest BCUT2D eigenvalue weighted by Gasteiger charge is -2.25. The van der Waals surface area contributed by atoms with Gasteiger partial charge in [-0.1, -0.05) is 18.2 Å². The summed E-state index contributed by atoms with van der Waals surface area (Å²) in [6, 6.07) is 8.47. The van der Waals surface area contributed by atoms with Crippen molar-refractivity contribution in [1.82, 2.24) is 5.32 Å². The molecule has 2 aliphatic heterocycles. The predicted octanol–water partition coefficient (Wildman–Crippen LogP) is 2.32. The summed E-state index contributed by atoms with van der Waals surface area (Å²) in [5.74, 6) is 1.66. The van der Waals surface area contributed by atoms with Gasteiger partial charge in [0.15, 0.2) is 0 Å². The highest BCUT2D eigenvalue weighted by molar-refractivity contribution is 5.37. The Morgan fingerprint density at radius 3 is 2.94 bits per heavy atom. The first-order valence-electron chi connectivity index (χ1n) is 6.97. The minimum atomic E-state index is 0.231. The molecule has 0 bridgehead atoms. The van der Waals surface area contributed by atoms with E-state index in [0.29, 0.717) is 5.92 Å². The lowest BCUT2D eigenvalue weighted by atomic mass is 9.97. The third-order valence-electron chi connectivity index (χ3n) is 3.83. The summed E-state index contributed by atoms with van der Waals surface area (Å²) in [5.41, 5.74) is 1.35. The lowest BCUT2D eigenvalue weighted by molar-refractivity contribution is 0.00693. The Bertz CT molecular complexity index is 382. The van der Waals surface area contributed by atoms with Gasteiger partial charge in [-0.05, 0) is 37.4 Å². The maximum absolute atomic E-state index is 6.15. The van der Waals surface area contributed by atoms with Crippen LogP contribution in [0.2, 0.25) is 0 Å². The van der Waals surface area contributed by atoms with Crippen LogP contribution >= 0.6 is 0 Å². The second-order valence-electron chi connectivity index (χ2n) is 5.18. The molecule has 0 saturated carbocycles. The average molecular weight is 247 g/mol. The predicted molar refractivity (Wildman–Crippen MR) is 71.1 cm³/mol. The first-order valence-corrected chi connectivity index (χ1v) is 6.97. The fraction of sp³-hybridized carbons (Fsp3) is 0.600. The monoisotopic (exact) mass is 247 g/mol. The van der Waals surface area contributed by atoms with Crippen LogP contribution in [-0.4, -0.2) is 32.4 Å². The van der Waals surface area contributed by atoms with Crippen molar-refractivity contribution in [1.29, 1.82) is 0 Å². The van der Waals surface area contributed by atoms with E-state index in [4.69, 9.17) is 9.47 Å². The highest BCUT2D eigenvalue weighted by Gasteiger charge is 2.22. The number of ether oxygens (including phenoxy) is 2. The van der Waals surface area contributed by atoms with Gasteiger partial charge in [0.25, 0.3) is 0 Å². The Labute approximate surface area is 108 Å². The van der Waals surface area contributed by atoms with Crippen molar-refractivity contribution >= 4 is 0 Å². The van der Waals surface area contributed by atoms with Gasteiger partial charge >= 0.3 is 0 Å². The fourth-order valence-electron chi connectivity index (χ4n) is 2.83. The molecule has 1 N–H and O–H groups in total. The molecule has 2 aliphatic rings. The topological polar surface area (TPSA) is 30.5 Å². The van der Waals surface area contributed by atoms with Crippen LogP contribution in [0, 0.1) is 0 Å². The van der Waals surface area contributed by atoms with Crippen molar-refractivity contribution in [3.05, 3.63) is 29.8 Å². The number of benzene rings is 1. The smallest absolute Gasteiger partial charge is 0.123 e. The number of nitrogens with one attached hydrogen (secondary N) is 1. The normalized spacial score (nSPS) is 28.2. The van der Waals surface area contributed by atoms with Crippen LogP contribution in [0.15, 0.2) is 24.3 Å². The van der Waals surface area contributed by atoms with Crippen LogP contribution in [-0.2, 0) is 4.74 Å². The molecule has 2 unspecified atom stereocenters. The van der Waals surface area contributed by atoms with E-state index >= 15 is 0 Å². The summed E-state index contributed by atoms with van der Waals surface area (Å²) in [5, 5.41) is 3.42. The largest absolute Gasteiger partial charge is 0.488 e. The fourth-order valence-corrected chi connectivity index (χ4v) is 2.83. The van der Waals surface area contributed by atoms with Crippen LogP contribution in [0.5, 0.6) is 5.75 Å². The van der Waals surface area contributed by atoms with Crippen molar-refractivity contribution in [3.63, 3.8) is 0 Å². The van der Waals surface area contributed by atoms with Gasteiger partial charge in [0.1, 0.15) is 11.9 Å². The molecule has 0 aromatic heterocycles. The molecule has 2 heterocycles. The van der Waals surface area contributed by atoms with Crippen LogP contribution in [0.25, 0.3) is 0 Å². The van der Waals surface area contributed by atoms with Crippen LogP contribution in [0.1, 0.15) is 30.7 Å². The van der Waals surface area contributed by atoms with E-state index in [1.807, 2.05) is 0 Å². The van der Waals surface area contributed by atoms with E-state index in [1.165, 1.54) is 12.0 Å². The highest BCUT2D eigenvalue weighted by atomic mass is 16.5. The molecule has 2 saturated heterocycles. The average Bonchev–Trinajstić information content (AvgIpc) is 2.94. The summed E-state index contributed by atoms with van der Waals surface area (Å²) in [4.78, 5) is 0. The minimum absolute atomic E-state index is 0.231. The maximum Gasteiger partial charge on any atom is 0.123 e. The van der Waals surface area contributed by atoms with Gasteiger partial charge in [-0.25, -0.2) is 0 Å². The molecule has 2 fully saturated rings. The molecule has 3 nitrogen and oxygen atoms in total. The summed E-state index contributed by atoms with van der Waals surface area (Å²) in [6.07, 6.45) is 3.66. The molecule has 0 amide bonds. The van der Waals surface area contributed by atoms with E-state index in [2.05, 4.69) is 29.6 Å². The van der Waals surface area contributed by atoms with Gasteiger partial charge in [0, 0.05) is 19.1 Å². The van der Waals surface area contributed by atoms with Crippen LogP contribution in [0.3, 0.4) is 0 Å². The summed E-state index contributed by atoms with van der Waals surface area (Å²) in [7, 11) is 0. The molecule has 0 aliphatic carbocycles. The third-order valence-corrected chi connectivity index (χ3v) is 3.83. The number of hydrogen-bond donors (Lipinski definition) is 1. The van der Waals surface area contributed by atoms with E-state index in [-0.39, 0.29) is 6.10 Å². The van der Waals surface area contributed by atoms with Gasteiger partial charge in [0.05, 0.1) is 6.61 Å². The molecule has 0 spiro atoms. The first-order chi connectivity index (χ1) is 8.93. The molecule has 1 aromatic rings. The maximum atomic E-state index is 6.15. The Balaban J connectivity index is 1.73. The second-order valence-corrected chi connectivity index (χ2v) is 5.18. The number of rotatable bonds is 3. The Morgan fingerprint density at radius 2 is 2.17 bits per heavy atom. The van der Waals surface area contributed by atoms with Crippen LogP contribution in [0.4, 0.5) is 0 Å². The van der Waals surface area contributed by atoms with Gasteiger partial charge in [-0.2, -0.15) is 0 Å². The van der Waals surface area contributed by atoms with Crippen LogP contribution < -0.4 is 10.1 Å². The zero-order chi connectivity index (χ0) is 12.2. The first kappa shape index (κ1) is 12.0. The molecule has 0 radical (unpaired) electrons. The Morgan fingerprint density at radius 1 is 1.22 bits per heavy atom. The van der Waals surface area contributed by atoms with Crippen molar-refractivity contribution in [2.45, 2.75) is 31.3 Å². The standard InChI is InChI=1S/C15H21NO2/c1-2-6-15(18-13-4-3-9-17-11-13)14(5-1)12-7-8-16-10-12/h1-2,5-6,12-13,16H,3-4,7-11H2. The Kier molecular flexibility index (Phi) is 3.81. The van der Waals surface area contributed by atoms with Gasteiger partial charge in [-0.15, -0.1) is 0 Å². The molecule has 3 heteroatoms. The SMILES string of the molecule is c1ccc(C2CCNC2)c(OC2CCCOC2)c1. The lowest BCUT2D eigenvalue weighted by Crippen LogP contribution is -2.28. The molecule has 1 aromatic carbocycles. The number of hydrogen-bond acceptors (Lipinski definition) is 3. The zero-order valence-corrected chi connectivity index (χ0v) is 10.7. The van der Waals surface area contributed by atoms with Crippen molar-refractivity contribution in [3.8, 4) is 5.75 Å². The highest BCUT2D eigenvalue weighted by Crippen LogP contribution is 2.31. The quantitative estimate of drug-likeness (QED) is 0.889.